The van der Waals surface area contributed by atoms with E-state index in [4.69, 9.17) is 5.26 Å². The Kier molecular flexibility index (Phi) is 4.06. The molecule has 0 aliphatic carbocycles. The molecule has 0 unspecified atom stereocenters. The maximum absolute atomic E-state index is 13.9. The Labute approximate surface area is 138 Å². The molecule has 12 heteroatoms. The first-order chi connectivity index (χ1) is 11.2. The SMILES string of the molecule is N#CSc1c(F)c(F)c(-c2ccc(S(F)(F)(F)(F)F)cc2)c(F)c1F. The molecule has 0 saturated carbocycles. The van der Waals surface area contributed by atoms with Crippen LogP contribution in [0.2, 0.25) is 0 Å². The molecule has 0 radical (unpaired) electrons. The minimum absolute atomic E-state index is 0.149. The zero-order valence-corrected chi connectivity index (χ0v) is 13.1. The van der Waals surface area contributed by atoms with E-state index in [1.807, 2.05) is 0 Å². The largest absolute Gasteiger partial charge is 0.310 e. The summed E-state index contributed by atoms with van der Waals surface area (Å²) in [5.74, 6) is -7.82. The molecule has 2 rings (SSSR count). The summed E-state index contributed by atoms with van der Waals surface area (Å²) < 4.78 is 118. The smallest absolute Gasteiger partial charge is 0.203 e. The summed E-state index contributed by atoms with van der Waals surface area (Å²) in [6.45, 7) is 0. The lowest BCUT2D eigenvalue weighted by atomic mass is 10.0. The molecule has 136 valence electrons. The first kappa shape index (κ1) is 19.3. The molecule has 0 heterocycles. The first-order valence-electron chi connectivity index (χ1n) is 5.93. The number of nitriles is 1. The van der Waals surface area contributed by atoms with Crippen molar-refractivity contribution in [2.45, 2.75) is 9.79 Å². The number of thiocyanates is 1. The zero-order valence-electron chi connectivity index (χ0n) is 11.5. The summed E-state index contributed by atoms with van der Waals surface area (Å²) in [5.41, 5.74) is -2.18. The predicted octanol–water partition coefficient (Wildman–Crippen LogP) is 7.14. The van der Waals surface area contributed by atoms with Crippen LogP contribution in [0.5, 0.6) is 0 Å². The van der Waals surface area contributed by atoms with Crippen molar-refractivity contribution in [2.24, 2.45) is 0 Å². The molecular formula is C13H4F9NS2. The van der Waals surface area contributed by atoms with E-state index in [0.29, 0.717) is 0 Å². The molecule has 0 atom stereocenters. The third kappa shape index (κ3) is 3.67. The van der Waals surface area contributed by atoms with Crippen LogP contribution in [-0.4, -0.2) is 0 Å². The van der Waals surface area contributed by atoms with E-state index in [1.54, 1.807) is 0 Å². The molecule has 2 aromatic rings. The second-order valence-electron chi connectivity index (χ2n) is 4.65. The summed E-state index contributed by atoms with van der Waals surface area (Å²) in [4.78, 5) is -3.60. The van der Waals surface area contributed by atoms with Crippen molar-refractivity contribution in [2.75, 3.05) is 0 Å². The van der Waals surface area contributed by atoms with Crippen molar-refractivity contribution < 1.29 is 37.0 Å². The van der Waals surface area contributed by atoms with Gasteiger partial charge in [0, 0.05) is 0 Å². The summed E-state index contributed by atoms with van der Waals surface area (Å²) in [6, 6.07) is 0.211. The number of nitrogens with zero attached hydrogens (tertiary/aromatic N) is 1. The van der Waals surface area contributed by atoms with Gasteiger partial charge in [-0.15, -0.1) is 0 Å². The van der Waals surface area contributed by atoms with Crippen LogP contribution in [0.25, 0.3) is 11.1 Å². The average molecular weight is 409 g/mol. The van der Waals surface area contributed by atoms with Gasteiger partial charge in [-0.2, -0.15) is 5.26 Å². The van der Waals surface area contributed by atoms with Crippen LogP contribution in [0.15, 0.2) is 34.1 Å². The van der Waals surface area contributed by atoms with Crippen LogP contribution in [0.4, 0.5) is 37.0 Å². The van der Waals surface area contributed by atoms with E-state index < -0.39 is 54.4 Å². The van der Waals surface area contributed by atoms with Crippen LogP contribution in [0, 0.1) is 33.9 Å². The monoisotopic (exact) mass is 409 g/mol. The van der Waals surface area contributed by atoms with Crippen molar-refractivity contribution in [3.05, 3.63) is 47.5 Å². The van der Waals surface area contributed by atoms with E-state index in [0.717, 1.165) is 0 Å². The lowest BCUT2D eigenvalue weighted by Gasteiger charge is -2.40. The Balaban J connectivity index is 2.68. The van der Waals surface area contributed by atoms with Crippen LogP contribution in [-0.2, 0) is 0 Å². The second-order valence-corrected chi connectivity index (χ2v) is 7.85. The van der Waals surface area contributed by atoms with Gasteiger partial charge in [-0.1, -0.05) is 31.6 Å². The molecule has 0 bridgehead atoms. The zero-order chi connectivity index (χ0) is 19.3. The van der Waals surface area contributed by atoms with Gasteiger partial charge in [0.15, 0.2) is 23.3 Å². The van der Waals surface area contributed by atoms with Crippen LogP contribution in [0.3, 0.4) is 0 Å². The molecule has 0 aromatic heterocycles. The van der Waals surface area contributed by atoms with Crippen molar-refractivity contribution >= 4 is 22.0 Å². The Morgan fingerprint density at radius 3 is 1.56 bits per heavy atom. The van der Waals surface area contributed by atoms with Crippen molar-refractivity contribution in [1.29, 1.82) is 5.26 Å². The summed E-state index contributed by atoms with van der Waals surface area (Å²) in [5, 5.41) is 9.56. The summed E-state index contributed by atoms with van der Waals surface area (Å²) in [6.07, 6.45) is 0. The summed E-state index contributed by atoms with van der Waals surface area (Å²) in [7, 11) is -10.0. The minimum atomic E-state index is -10.0. The molecule has 0 saturated heterocycles. The number of benzene rings is 2. The fraction of sp³-hybridized carbons (Fsp3) is 0. The Hall–Kier alpha value is -2.00. The molecule has 0 fully saturated rings. The molecule has 25 heavy (non-hydrogen) atoms. The highest BCUT2D eigenvalue weighted by atomic mass is 32.5. The van der Waals surface area contributed by atoms with E-state index >= 15 is 0 Å². The van der Waals surface area contributed by atoms with E-state index in [9.17, 15) is 37.0 Å². The number of rotatable bonds is 3. The van der Waals surface area contributed by atoms with Gasteiger partial charge in [0.1, 0.15) is 10.3 Å². The van der Waals surface area contributed by atoms with Crippen molar-refractivity contribution in [1.82, 2.24) is 0 Å². The van der Waals surface area contributed by atoms with Gasteiger partial charge in [-0.25, -0.2) is 17.6 Å². The molecule has 2 aromatic carbocycles. The molecule has 1 nitrogen and oxygen atoms in total. The maximum Gasteiger partial charge on any atom is 0.310 e. The van der Waals surface area contributed by atoms with Gasteiger partial charge in [0.2, 0.25) is 0 Å². The van der Waals surface area contributed by atoms with Gasteiger partial charge in [0.05, 0.1) is 10.5 Å². The molecule has 0 N–H and O–H groups in total. The highest BCUT2D eigenvalue weighted by molar-refractivity contribution is 8.45. The predicted molar refractivity (Wildman–Crippen MR) is 74.6 cm³/mol. The molecule has 0 aliphatic rings. The lowest BCUT2D eigenvalue weighted by molar-refractivity contribution is 0.364. The van der Waals surface area contributed by atoms with Crippen LogP contribution >= 0.6 is 22.0 Å². The van der Waals surface area contributed by atoms with Crippen LogP contribution < -0.4 is 0 Å². The van der Waals surface area contributed by atoms with Gasteiger partial charge >= 0.3 is 10.2 Å². The van der Waals surface area contributed by atoms with Gasteiger partial charge < -0.3 is 0 Å². The lowest BCUT2D eigenvalue weighted by Crippen LogP contribution is -2.06. The number of hydrogen-bond donors (Lipinski definition) is 0. The standard InChI is InChI=1S/C13H4F9NS2/c14-9-8(10(15)12(17)13(11(9)16)24-5-23)6-1-3-7(4-2-6)25(18,19,20,21)22/h1-4H. The van der Waals surface area contributed by atoms with E-state index in [1.165, 1.54) is 5.40 Å². The average Bonchev–Trinajstić information content (AvgIpc) is 2.48. The Morgan fingerprint density at radius 1 is 0.760 bits per heavy atom. The van der Waals surface area contributed by atoms with E-state index in [2.05, 4.69) is 0 Å². The maximum atomic E-state index is 13.9. The fourth-order valence-electron chi connectivity index (χ4n) is 1.88. The molecular weight excluding hydrogens is 405 g/mol. The highest BCUT2D eigenvalue weighted by Gasteiger charge is 2.65. The molecule has 0 aliphatic heterocycles. The first-order valence-corrected chi connectivity index (χ1v) is 8.70. The molecule has 0 amide bonds. The third-order valence-electron chi connectivity index (χ3n) is 2.96. The van der Waals surface area contributed by atoms with Gasteiger partial charge in [-0.05, 0) is 29.5 Å². The number of hydrogen-bond acceptors (Lipinski definition) is 2. The Bertz CT molecular complexity index is 870. The normalized spacial score (nSPS) is 14.6. The van der Waals surface area contributed by atoms with Crippen molar-refractivity contribution in [3.63, 3.8) is 0 Å². The Morgan fingerprint density at radius 2 is 1.20 bits per heavy atom. The number of halogens is 9. The van der Waals surface area contributed by atoms with Gasteiger partial charge in [-0.3, -0.25) is 0 Å². The van der Waals surface area contributed by atoms with Gasteiger partial charge in [0.25, 0.3) is 0 Å². The quantitative estimate of drug-likeness (QED) is 0.233. The summed E-state index contributed by atoms with van der Waals surface area (Å²) >= 11 is -0.202. The highest BCUT2D eigenvalue weighted by Crippen LogP contribution is 3.02. The third-order valence-corrected chi connectivity index (χ3v) is 4.78. The number of thioether (sulfide) groups is 1. The fourth-order valence-corrected chi connectivity index (χ4v) is 2.98. The molecule has 0 spiro atoms. The van der Waals surface area contributed by atoms with E-state index in [-0.39, 0.29) is 36.0 Å². The second kappa shape index (κ2) is 5.25. The minimum Gasteiger partial charge on any atom is -0.203 e. The topological polar surface area (TPSA) is 23.8 Å². The van der Waals surface area contributed by atoms with Crippen molar-refractivity contribution in [3.8, 4) is 16.5 Å². The van der Waals surface area contributed by atoms with Crippen LogP contribution in [0.1, 0.15) is 0 Å².